The molecule has 0 aliphatic carbocycles. The lowest BCUT2D eigenvalue weighted by Crippen LogP contribution is -2.27. The molecule has 0 aliphatic heterocycles. The first-order valence-electron chi connectivity index (χ1n) is 4.26. The normalized spacial score (nSPS) is 13.3. The fourth-order valence-electron chi connectivity index (χ4n) is 0.897. The maximum atomic E-state index is 5.81. The van der Waals surface area contributed by atoms with Gasteiger partial charge in [0.25, 0.3) is 0 Å². The summed E-state index contributed by atoms with van der Waals surface area (Å²) in [7, 11) is 0. The quantitative estimate of drug-likeness (QED) is 0.791. The van der Waals surface area contributed by atoms with Crippen molar-refractivity contribution in [1.29, 1.82) is 0 Å². The third-order valence-corrected chi connectivity index (χ3v) is 2.91. The van der Waals surface area contributed by atoms with E-state index in [-0.39, 0.29) is 6.04 Å². The highest BCUT2D eigenvalue weighted by Gasteiger charge is 2.13. The van der Waals surface area contributed by atoms with Crippen molar-refractivity contribution in [3.8, 4) is 0 Å². The van der Waals surface area contributed by atoms with Gasteiger partial charge in [-0.3, -0.25) is 0 Å². The Labute approximate surface area is 87.5 Å². The first-order chi connectivity index (χ1) is 6.13. The number of rotatable bonds is 4. The highest BCUT2D eigenvalue weighted by atomic mass is 35.5. The van der Waals surface area contributed by atoms with Crippen molar-refractivity contribution in [1.82, 2.24) is 10.2 Å². The third-order valence-electron chi connectivity index (χ3n) is 1.81. The zero-order valence-corrected chi connectivity index (χ0v) is 9.61. The standard InChI is InChI=1S/C8H14ClN3S/c1-5(2)7(4-9)10-8-12-11-6(3)13-8/h5,7H,4H2,1-3H3,(H,10,12). The van der Waals surface area contributed by atoms with Gasteiger partial charge in [-0.1, -0.05) is 25.2 Å². The van der Waals surface area contributed by atoms with Gasteiger partial charge in [0.15, 0.2) is 0 Å². The topological polar surface area (TPSA) is 37.8 Å². The van der Waals surface area contributed by atoms with Crippen molar-refractivity contribution in [2.75, 3.05) is 11.2 Å². The van der Waals surface area contributed by atoms with Gasteiger partial charge >= 0.3 is 0 Å². The van der Waals surface area contributed by atoms with Gasteiger partial charge in [-0.15, -0.1) is 21.8 Å². The van der Waals surface area contributed by atoms with Gasteiger partial charge in [0, 0.05) is 11.9 Å². The minimum Gasteiger partial charge on any atom is -0.356 e. The molecule has 0 amide bonds. The SMILES string of the molecule is Cc1nnc(NC(CCl)C(C)C)s1. The summed E-state index contributed by atoms with van der Waals surface area (Å²) >= 11 is 7.37. The molecule has 1 atom stereocenters. The summed E-state index contributed by atoms with van der Waals surface area (Å²) < 4.78 is 0. The Hall–Kier alpha value is -0.350. The van der Waals surface area contributed by atoms with E-state index in [4.69, 9.17) is 11.6 Å². The molecule has 3 nitrogen and oxygen atoms in total. The summed E-state index contributed by atoms with van der Waals surface area (Å²) in [4.78, 5) is 0. The van der Waals surface area contributed by atoms with Gasteiger partial charge in [0.1, 0.15) is 5.01 Å². The van der Waals surface area contributed by atoms with E-state index >= 15 is 0 Å². The van der Waals surface area contributed by atoms with E-state index in [0.29, 0.717) is 11.8 Å². The predicted octanol–water partition coefficient (Wildman–Crippen LogP) is 2.52. The minimum atomic E-state index is 0.272. The minimum absolute atomic E-state index is 0.272. The zero-order valence-electron chi connectivity index (χ0n) is 8.04. The summed E-state index contributed by atoms with van der Waals surface area (Å²) in [6.45, 7) is 6.20. The molecule has 0 saturated carbocycles. The highest BCUT2D eigenvalue weighted by molar-refractivity contribution is 7.15. The number of aryl methyl sites for hydroxylation is 1. The van der Waals surface area contributed by atoms with Crippen LogP contribution in [0.4, 0.5) is 5.13 Å². The Morgan fingerprint density at radius 3 is 2.54 bits per heavy atom. The van der Waals surface area contributed by atoms with Gasteiger partial charge < -0.3 is 5.32 Å². The highest BCUT2D eigenvalue weighted by Crippen LogP contribution is 2.17. The predicted molar refractivity (Wildman–Crippen MR) is 57.6 cm³/mol. The van der Waals surface area contributed by atoms with Gasteiger partial charge in [-0.25, -0.2) is 0 Å². The second-order valence-corrected chi connectivity index (χ2v) is 4.77. The van der Waals surface area contributed by atoms with Crippen LogP contribution in [-0.4, -0.2) is 22.1 Å². The molecular weight excluding hydrogens is 206 g/mol. The maximum Gasteiger partial charge on any atom is 0.205 e. The number of nitrogens with one attached hydrogen (secondary N) is 1. The van der Waals surface area contributed by atoms with Crippen molar-refractivity contribution >= 4 is 28.1 Å². The fourth-order valence-corrected chi connectivity index (χ4v) is 1.98. The molecule has 13 heavy (non-hydrogen) atoms. The number of nitrogens with zero attached hydrogens (tertiary/aromatic N) is 2. The van der Waals surface area contributed by atoms with Crippen LogP contribution in [0.15, 0.2) is 0 Å². The van der Waals surface area contributed by atoms with Gasteiger partial charge in [-0.05, 0) is 12.8 Å². The molecule has 1 N–H and O–H groups in total. The Kier molecular flexibility index (Phi) is 3.93. The summed E-state index contributed by atoms with van der Waals surface area (Å²) in [5.74, 6) is 1.10. The maximum absolute atomic E-state index is 5.81. The number of anilines is 1. The molecular formula is C8H14ClN3S. The smallest absolute Gasteiger partial charge is 0.205 e. The Morgan fingerprint density at radius 1 is 1.46 bits per heavy atom. The Morgan fingerprint density at radius 2 is 2.15 bits per heavy atom. The summed E-state index contributed by atoms with van der Waals surface area (Å²) in [5, 5.41) is 13.0. The van der Waals surface area contributed by atoms with E-state index in [1.165, 1.54) is 0 Å². The Balaban J connectivity index is 2.56. The van der Waals surface area contributed by atoms with Crippen LogP contribution in [-0.2, 0) is 0 Å². The number of alkyl halides is 1. The van der Waals surface area contributed by atoms with Crippen molar-refractivity contribution in [2.24, 2.45) is 5.92 Å². The van der Waals surface area contributed by atoms with Crippen molar-refractivity contribution < 1.29 is 0 Å². The molecule has 74 valence electrons. The van der Waals surface area contributed by atoms with E-state index < -0.39 is 0 Å². The molecule has 1 heterocycles. The second kappa shape index (κ2) is 4.77. The van der Waals surface area contributed by atoms with Gasteiger partial charge in [0.05, 0.1) is 0 Å². The van der Waals surface area contributed by atoms with E-state index in [1.807, 2.05) is 6.92 Å². The average Bonchev–Trinajstić information content (AvgIpc) is 2.46. The second-order valence-electron chi connectivity index (χ2n) is 3.28. The first-order valence-corrected chi connectivity index (χ1v) is 5.61. The largest absolute Gasteiger partial charge is 0.356 e. The van der Waals surface area contributed by atoms with Crippen LogP contribution in [0.2, 0.25) is 0 Å². The lowest BCUT2D eigenvalue weighted by atomic mass is 10.1. The van der Waals surface area contributed by atoms with E-state index in [9.17, 15) is 0 Å². The van der Waals surface area contributed by atoms with Crippen LogP contribution in [0.5, 0.6) is 0 Å². The van der Waals surface area contributed by atoms with E-state index in [2.05, 4.69) is 29.4 Å². The lowest BCUT2D eigenvalue weighted by Gasteiger charge is -2.18. The molecule has 1 aromatic heterocycles. The van der Waals surface area contributed by atoms with Gasteiger partial charge in [0.2, 0.25) is 5.13 Å². The van der Waals surface area contributed by atoms with Crippen molar-refractivity contribution in [3.63, 3.8) is 0 Å². The van der Waals surface area contributed by atoms with Crippen molar-refractivity contribution in [3.05, 3.63) is 5.01 Å². The molecule has 1 aromatic rings. The van der Waals surface area contributed by atoms with Crippen LogP contribution in [0, 0.1) is 12.8 Å². The summed E-state index contributed by atoms with van der Waals surface area (Å²) in [6.07, 6.45) is 0. The van der Waals surface area contributed by atoms with Crippen LogP contribution in [0.3, 0.4) is 0 Å². The van der Waals surface area contributed by atoms with Crippen LogP contribution in [0.25, 0.3) is 0 Å². The molecule has 0 fully saturated rings. The van der Waals surface area contributed by atoms with Crippen LogP contribution < -0.4 is 5.32 Å². The molecule has 5 heteroatoms. The molecule has 1 rings (SSSR count). The number of halogens is 1. The Bertz CT molecular complexity index is 262. The number of hydrogen-bond acceptors (Lipinski definition) is 4. The molecule has 1 unspecified atom stereocenters. The molecule has 0 saturated heterocycles. The van der Waals surface area contributed by atoms with Crippen LogP contribution >= 0.6 is 22.9 Å². The summed E-state index contributed by atoms with van der Waals surface area (Å²) in [6, 6.07) is 0.272. The van der Waals surface area contributed by atoms with Gasteiger partial charge in [-0.2, -0.15) is 0 Å². The monoisotopic (exact) mass is 219 g/mol. The van der Waals surface area contributed by atoms with E-state index in [0.717, 1.165) is 10.1 Å². The average molecular weight is 220 g/mol. The lowest BCUT2D eigenvalue weighted by molar-refractivity contribution is 0.563. The number of hydrogen-bond donors (Lipinski definition) is 1. The fraction of sp³-hybridized carbons (Fsp3) is 0.750. The number of aromatic nitrogens is 2. The molecule has 0 radical (unpaired) electrons. The van der Waals surface area contributed by atoms with E-state index in [1.54, 1.807) is 11.3 Å². The first kappa shape index (κ1) is 10.7. The molecule has 0 spiro atoms. The summed E-state index contributed by atoms with van der Waals surface area (Å²) in [5.41, 5.74) is 0. The molecule has 0 aromatic carbocycles. The van der Waals surface area contributed by atoms with Crippen LogP contribution in [0.1, 0.15) is 18.9 Å². The zero-order chi connectivity index (χ0) is 9.84. The van der Waals surface area contributed by atoms with Crippen molar-refractivity contribution in [2.45, 2.75) is 26.8 Å². The molecule has 0 bridgehead atoms. The molecule has 0 aliphatic rings. The third kappa shape index (κ3) is 3.12.